The summed E-state index contributed by atoms with van der Waals surface area (Å²) in [4.78, 5) is 55.0. The number of benzene rings is 2. The molecule has 3 heterocycles. The summed E-state index contributed by atoms with van der Waals surface area (Å²) in [5, 5.41) is 2.31. The van der Waals surface area contributed by atoms with E-state index in [0.717, 1.165) is 16.8 Å². The molecule has 34 heavy (non-hydrogen) atoms. The van der Waals surface area contributed by atoms with Crippen molar-refractivity contribution in [2.45, 2.75) is 38.5 Å². The van der Waals surface area contributed by atoms with Gasteiger partial charge < -0.3 is 9.64 Å². The van der Waals surface area contributed by atoms with Crippen molar-refractivity contribution in [1.82, 2.24) is 10.2 Å². The molecule has 9 nitrogen and oxygen atoms in total. The molecule has 0 bridgehead atoms. The number of rotatable bonds is 5. The molecular formula is C25H26N4O5. The molecule has 3 aliphatic heterocycles. The smallest absolute Gasteiger partial charge is 0.329 e. The number of hydrogen-bond donors (Lipinski definition) is 1. The van der Waals surface area contributed by atoms with Gasteiger partial charge in [-0.25, -0.2) is 4.79 Å². The molecule has 0 aromatic heterocycles. The maximum atomic E-state index is 13.4. The number of anilines is 2. The number of carbonyl (C=O) groups is 4. The highest BCUT2D eigenvalue weighted by atomic mass is 16.5. The van der Waals surface area contributed by atoms with Gasteiger partial charge in [0.15, 0.2) is 0 Å². The van der Waals surface area contributed by atoms with Gasteiger partial charge >= 0.3 is 6.03 Å². The summed E-state index contributed by atoms with van der Waals surface area (Å²) in [7, 11) is 1.64. The van der Waals surface area contributed by atoms with E-state index in [9.17, 15) is 19.2 Å². The minimum Gasteiger partial charge on any atom is -0.377 e. The van der Waals surface area contributed by atoms with Crippen LogP contribution in [0, 0.1) is 0 Å². The molecule has 0 saturated carbocycles. The number of urea groups is 1. The van der Waals surface area contributed by atoms with E-state index in [1.165, 1.54) is 4.90 Å². The monoisotopic (exact) mass is 462 g/mol. The van der Waals surface area contributed by atoms with Crippen molar-refractivity contribution in [2.24, 2.45) is 0 Å². The van der Waals surface area contributed by atoms with Gasteiger partial charge in [0.25, 0.3) is 5.91 Å². The van der Waals surface area contributed by atoms with Gasteiger partial charge in [-0.1, -0.05) is 18.2 Å². The molecular weight excluding hydrogens is 436 g/mol. The van der Waals surface area contributed by atoms with Gasteiger partial charge in [-0.15, -0.1) is 0 Å². The van der Waals surface area contributed by atoms with Crippen molar-refractivity contribution >= 4 is 35.1 Å². The highest BCUT2D eigenvalue weighted by molar-refractivity contribution is 6.08. The Morgan fingerprint density at radius 2 is 1.79 bits per heavy atom. The fourth-order valence-electron chi connectivity index (χ4n) is 4.93. The highest BCUT2D eigenvalue weighted by Gasteiger charge is 2.40. The number of amides is 5. The topological polar surface area (TPSA) is 99.3 Å². The Labute approximate surface area is 197 Å². The molecule has 5 amide bonds. The largest absolute Gasteiger partial charge is 0.377 e. The summed E-state index contributed by atoms with van der Waals surface area (Å²) in [5.41, 5.74) is 3.77. The molecule has 0 aliphatic carbocycles. The summed E-state index contributed by atoms with van der Waals surface area (Å²) >= 11 is 0. The van der Waals surface area contributed by atoms with E-state index in [4.69, 9.17) is 4.74 Å². The van der Waals surface area contributed by atoms with Crippen molar-refractivity contribution in [3.8, 4) is 0 Å². The van der Waals surface area contributed by atoms with Gasteiger partial charge in [-0.3, -0.25) is 29.5 Å². The quantitative estimate of drug-likeness (QED) is 0.689. The fourth-order valence-corrected chi connectivity index (χ4v) is 4.93. The first-order chi connectivity index (χ1) is 16.4. The van der Waals surface area contributed by atoms with Gasteiger partial charge in [0.2, 0.25) is 11.8 Å². The number of para-hydroxylation sites is 1. The van der Waals surface area contributed by atoms with Crippen LogP contribution in [0.1, 0.15) is 47.4 Å². The third-order valence-electron chi connectivity index (χ3n) is 6.85. The number of nitrogens with zero attached hydrogens (tertiary/aromatic N) is 3. The van der Waals surface area contributed by atoms with Crippen LogP contribution >= 0.6 is 0 Å². The molecule has 0 spiro atoms. The van der Waals surface area contributed by atoms with Crippen LogP contribution in [-0.2, 0) is 20.9 Å². The van der Waals surface area contributed by atoms with Crippen LogP contribution in [0.3, 0.4) is 0 Å². The average Bonchev–Trinajstić information content (AvgIpc) is 3.38. The summed E-state index contributed by atoms with van der Waals surface area (Å²) in [6.07, 6.45) is 0.376. The van der Waals surface area contributed by atoms with Crippen LogP contribution in [0.4, 0.5) is 16.2 Å². The molecule has 0 radical (unpaired) electrons. The summed E-state index contributed by atoms with van der Waals surface area (Å²) in [6.45, 7) is 3.26. The maximum Gasteiger partial charge on any atom is 0.329 e. The predicted octanol–water partition coefficient (Wildman–Crippen LogP) is 2.60. The Kier molecular flexibility index (Phi) is 5.57. The molecule has 2 saturated heterocycles. The lowest BCUT2D eigenvalue weighted by Gasteiger charge is -2.29. The first-order valence-electron chi connectivity index (χ1n) is 11.4. The summed E-state index contributed by atoms with van der Waals surface area (Å²) in [6, 6.07) is 12.3. The van der Waals surface area contributed by atoms with E-state index in [2.05, 4.69) is 5.32 Å². The van der Waals surface area contributed by atoms with Crippen LogP contribution in [-0.4, -0.2) is 54.9 Å². The third kappa shape index (κ3) is 3.62. The number of piperidine rings is 1. The third-order valence-corrected chi connectivity index (χ3v) is 6.85. The minimum absolute atomic E-state index is 0.137. The Morgan fingerprint density at radius 1 is 1.03 bits per heavy atom. The van der Waals surface area contributed by atoms with Crippen molar-refractivity contribution in [1.29, 1.82) is 0 Å². The SMILES string of the molecule is COC(C)c1ccccc1N1CCN(c2ccc3c(c2)CN(C2CCC(=O)NC2=O)C3=O)C1=O. The lowest BCUT2D eigenvalue weighted by molar-refractivity contribution is -0.136. The van der Waals surface area contributed by atoms with E-state index in [1.807, 2.05) is 37.3 Å². The van der Waals surface area contributed by atoms with Gasteiger partial charge in [0.1, 0.15) is 6.04 Å². The number of nitrogens with one attached hydrogen (secondary N) is 1. The predicted molar refractivity (Wildman–Crippen MR) is 124 cm³/mol. The lowest BCUT2D eigenvalue weighted by Crippen LogP contribution is -2.52. The van der Waals surface area contributed by atoms with Gasteiger partial charge in [-0.2, -0.15) is 0 Å². The molecule has 2 unspecified atom stereocenters. The van der Waals surface area contributed by atoms with Gasteiger partial charge in [-0.05, 0) is 43.2 Å². The minimum atomic E-state index is -0.663. The Bertz CT molecular complexity index is 1200. The number of fused-ring (bicyclic) bond motifs is 1. The molecule has 5 rings (SSSR count). The molecule has 9 heteroatoms. The zero-order valence-corrected chi connectivity index (χ0v) is 19.1. The first kappa shape index (κ1) is 22.1. The first-order valence-corrected chi connectivity index (χ1v) is 11.4. The van der Waals surface area contributed by atoms with E-state index in [-0.39, 0.29) is 36.9 Å². The van der Waals surface area contributed by atoms with Crippen molar-refractivity contribution in [3.63, 3.8) is 0 Å². The number of ether oxygens (including phenoxy) is 1. The van der Waals surface area contributed by atoms with Crippen LogP contribution in [0.15, 0.2) is 42.5 Å². The second kappa shape index (κ2) is 8.57. The zero-order chi connectivity index (χ0) is 24.0. The number of methoxy groups -OCH3 is 1. The van der Waals surface area contributed by atoms with E-state index >= 15 is 0 Å². The standard InChI is InChI=1S/C25H26N4O5/c1-15(34-2)18-5-3-4-6-20(18)28-12-11-27(25(28)33)17-7-8-19-16(13-17)14-29(24(19)32)21-9-10-22(30)26-23(21)31/h3-8,13,15,21H,9-12,14H2,1-2H3,(H,26,30,31). The molecule has 176 valence electrons. The van der Waals surface area contributed by atoms with Crippen molar-refractivity contribution in [3.05, 3.63) is 59.2 Å². The second-order valence-electron chi connectivity index (χ2n) is 8.76. The Hall–Kier alpha value is -3.72. The average molecular weight is 463 g/mol. The van der Waals surface area contributed by atoms with Crippen molar-refractivity contribution in [2.75, 3.05) is 30.0 Å². The molecule has 2 aromatic carbocycles. The molecule has 2 atom stereocenters. The van der Waals surface area contributed by atoms with Gasteiger partial charge in [0.05, 0.1) is 11.8 Å². The van der Waals surface area contributed by atoms with E-state index < -0.39 is 11.9 Å². The lowest BCUT2D eigenvalue weighted by atomic mass is 10.0. The fraction of sp³-hybridized carbons (Fsp3) is 0.360. The highest BCUT2D eigenvalue weighted by Crippen LogP contribution is 2.34. The normalized spacial score (nSPS) is 21.2. The van der Waals surface area contributed by atoms with E-state index in [1.54, 1.807) is 29.0 Å². The number of carbonyl (C=O) groups excluding carboxylic acids is 4. The summed E-state index contributed by atoms with van der Waals surface area (Å²) in [5.74, 6) is -0.980. The Balaban J connectivity index is 1.37. The number of imide groups is 1. The van der Waals surface area contributed by atoms with Gasteiger partial charge in [0, 0.05) is 50.0 Å². The number of hydrogen-bond acceptors (Lipinski definition) is 5. The van der Waals surface area contributed by atoms with Crippen LogP contribution in [0.5, 0.6) is 0 Å². The van der Waals surface area contributed by atoms with Crippen LogP contribution in [0.25, 0.3) is 0 Å². The van der Waals surface area contributed by atoms with Crippen molar-refractivity contribution < 1.29 is 23.9 Å². The summed E-state index contributed by atoms with van der Waals surface area (Å²) < 4.78 is 5.48. The van der Waals surface area contributed by atoms with Crippen LogP contribution < -0.4 is 15.1 Å². The molecule has 3 aliphatic rings. The van der Waals surface area contributed by atoms with E-state index in [0.29, 0.717) is 30.8 Å². The zero-order valence-electron chi connectivity index (χ0n) is 19.1. The second-order valence-corrected chi connectivity index (χ2v) is 8.76. The molecule has 2 aromatic rings. The van der Waals surface area contributed by atoms with Crippen LogP contribution in [0.2, 0.25) is 0 Å². The molecule has 2 fully saturated rings. The Morgan fingerprint density at radius 3 is 2.56 bits per heavy atom. The maximum absolute atomic E-state index is 13.4. The molecule has 1 N–H and O–H groups in total.